The van der Waals surface area contributed by atoms with Crippen LogP contribution in [0.25, 0.3) is 0 Å². The highest BCUT2D eigenvalue weighted by molar-refractivity contribution is 6.02. The lowest BCUT2D eigenvalue weighted by atomic mass is 9.94. The van der Waals surface area contributed by atoms with E-state index >= 15 is 0 Å². The van der Waals surface area contributed by atoms with E-state index in [0.29, 0.717) is 12.2 Å². The number of aromatic nitrogens is 2. The molecule has 1 atom stereocenters. The van der Waals surface area contributed by atoms with Crippen molar-refractivity contribution in [1.82, 2.24) is 25.3 Å². The summed E-state index contributed by atoms with van der Waals surface area (Å²) < 4.78 is 1.52. The van der Waals surface area contributed by atoms with E-state index in [0.717, 1.165) is 38.5 Å². The SMILES string of the molecule is CCN1C(=O)c2cc(C(=O)NC3CC3)nn2CC1(C)C(=O)NC1CCCC1. The molecule has 0 bridgehead atoms. The molecule has 1 aliphatic heterocycles. The molecule has 2 saturated carbocycles. The second-order valence-corrected chi connectivity index (χ2v) is 8.10. The standard InChI is InChI=1S/C19H27N5O3/c1-3-23-17(26)15-10-14(16(25)20-13-8-9-13)22-24(15)11-19(23,2)18(27)21-12-6-4-5-7-12/h10,12-13H,3-9,11H2,1-2H3,(H,20,25)(H,21,27). The molecule has 3 aliphatic rings. The quantitative estimate of drug-likeness (QED) is 0.807. The van der Waals surface area contributed by atoms with Gasteiger partial charge >= 0.3 is 0 Å². The van der Waals surface area contributed by atoms with Crippen molar-refractivity contribution in [2.45, 2.75) is 76.5 Å². The Labute approximate surface area is 158 Å². The molecule has 0 saturated heterocycles. The predicted molar refractivity (Wildman–Crippen MR) is 98.2 cm³/mol. The molecule has 4 rings (SSSR count). The second kappa shape index (κ2) is 6.65. The van der Waals surface area contributed by atoms with Gasteiger partial charge in [0.05, 0.1) is 6.54 Å². The fraction of sp³-hybridized carbons (Fsp3) is 0.684. The molecule has 27 heavy (non-hydrogen) atoms. The summed E-state index contributed by atoms with van der Waals surface area (Å²) in [5.74, 6) is -0.659. The van der Waals surface area contributed by atoms with Gasteiger partial charge in [0, 0.05) is 24.7 Å². The van der Waals surface area contributed by atoms with Gasteiger partial charge in [-0.15, -0.1) is 0 Å². The molecule has 1 unspecified atom stereocenters. The summed E-state index contributed by atoms with van der Waals surface area (Å²) in [7, 11) is 0. The first-order valence-corrected chi connectivity index (χ1v) is 9.94. The lowest BCUT2D eigenvalue weighted by Crippen LogP contribution is -2.64. The van der Waals surface area contributed by atoms with Crippen LogP contribution < -0.4 is 10.6 Å². The van der Waals surface area contributed by atoms with E-state index in [2.05, 4.69) is 15.7 Å². The molecule has 0 spiro atoms. The molecule has 0 aromatic carbocycles. The molecule has 1 aromatic rings. The maximum Gasteiger partial charge on any atom is 0.273 e. The van der Waals surface area contributed by atoms with Crippen LogP contribution in [0, 0.1) is 0 Å². The van der Waals surface area contributed by atoms with Crippen molar-refractivity contribution in [2.24, 2.45) is 0 Å². The molecule has 1 aromatic heterocycles. The van der Waals surface area contributed by atoms with Crippen molar-refractivity contribution in [2.75, 3.05) is 6.54 Å². The highest BCUT2D eigenvalue weighted by Crippen LogP contribution is 2.29. The van der Waals surface area contributed by atoms with E-state index < -0.39 is 5.54 Å². The molecule has 8 heteroatoms. The van der Waals surface area contributed by atoms with Crippen molar-refractivity contribution in [1.29, 1.82) is 0 Å². The lowest BCUT2D eigenvalue weighted by Gasteiger charge is -2.43. The molecular formula is C19H27N5O3. The second-order valence-electron chi connectivity index (χ2n) is 8.10. The Kier molecular flexibility index (Phi) is 4.44. The van der Waals surface area contributed by atoms with Crippen LogP contribution in [0.15, 0.2) is 6.07 Å². The number of fused-ring (bicyclic) bond motifs is 1. The summed E-state index contributed by atoms with van der Waals surface area (Å²) in [6.07, 6.45) is 6.20. The number of rotatable bonds is 5. The molecule has 146 valence electrons. The Morgan fingerprint density at radius 2 is 1.85 bits per heavy atom. The third kappa shape index (κ3) is 3.21. The Bertz CT molecular complexity index is 778. The Morgan fingerprint density at radius 3 is 2.48 bits per heavy atom. The van der Waals surface area contributed by atoms with Crippen LogP contribution in [0.4, 0.5) is 0 Å². The zero-order valence-corrected chi connectivity index (χ0v) is 16.0. The fourth-order valence-electron chi connectivity index (χ4n) is 4.14. The molecule has 2 N–H and O–H groups in total. The van der Waals surface area contributed by atoms with Gasteiger partial charge in [0.15, 0.2) is 5.69 Å². The molecule has 0 radical (unpaired) electrons. The van der Waals surface area contributed by atoms with Crippen LogP contribution >= 0.6 is 0 Å². The predicted octanol–water partition coefficient (Wildman–Crippen LogP) is 1.07. The maximum absolute atomic E-state index is 13.1. The molecule has 2 fully saturated rings. The minimum atomic E-state index is -1.02. The van der Waals surface area contributed by atoms with Crippen molar-refractivity contribution in [3.05, 3.63) is 17.5 Å². The van der Waals surface area contributed by atoms with Crippen LogP contribution in [0.1, 0.15) is 73.3 Å². The highest BCUT2D eigenvalue weighted by Gasteiger charge is 2.48. The molecule has 2 aliphatic carbocycles. The number of likely N-dealkylation sites (N-methyl/N-ethyl adjacent to an activating group) is 1. The van der Waals surface area contributed by atoms with Crippen LogP contribution in [0.5, 0.6) is 0 Å². The largest absolute Gasteiger partial charge is 0.351 e. The third-order valence-corrected chi connectivity index (χ3v) is 5.94. The average Bonchev–Trinajstić information content (AvgIpc) is 3.11. The van der Waals surface area contributed by atoms with Crippen molar-refractivity contribution in [3.8, 4) is 0 Å². The van der Waals surface area contributed by atoms with E-state index in [-0.39, 0.29) is 42.0 Å². The Balaban J connectivity index is 1.59. The first kappa shape index (κ1) is 18.0. The smallest absolute Gasteiger partial charge is 0.273 e. The maximum atomic E-state index is 13.1. The van der Waals surface area contributed by atoms with Gasteiger partial charge in [-0.1, -0.05) is 12.8 Å². The summed E-state index contributed by atoms with van der Waals surface area (Å²) in [6, 6.07) is 1.94. The number of nitrogens with zero attached hydrogens (tertiary/aromatic N) is 3. The number of carbonyl (C=O) groups is 3. The van der Waals surface area contributed by atoms with Crippen molar-refractivity contribution in [3.63, 3.8) is 0 Å². The number of nitrogens with one attached hydrogen (secondary N) is 2. The van der Waals surface area contributed by atoms with Crippen LogP contribution in [0.2, 0.25) is 0 Å². The van der Waals surface area contributed by atoms with Crippen LogP contribution in [-0.4, -0.2) is 56.6 Å². The number of hydrogen-bond donors (Lipinski definition) is 2. The zero-order valence-electron chi connectivity index (χ0n) is 16.0. The van der Waals surface area contributed by atoms with Crippen LogP contribution in [-0.2, 0) is 11.3 Å². The Morgan fingerprint density at radius 1 is 1.19 bits per heavy atom. The summed E-state index contributed by atoms with van der Waals surface area (Å²) in [4.78, 5) is 40.0. The number of hydrogen-bond acceptors (Lipinski definition) is 4. The minimum Gasteiger partial charge on any atom is -0.351 e. The van der Waals surface area contributed by atoms with Gasteiger partial charge in [-0.05, 0) is 39.5 Å². The first-order chi connectivity index (χ1) is 12.9. The number of amides is 3. The van der Waals surface area contributed by atoms with Gasteiger partial charge in [0.1, 0.15) is 11.2 Å². The molecular weight excluding hydrogens is 346 g/mol. The minimum absolute atomic E-state index is 0.144. The summed E-state index contributed by atoms with van der Waals surface area (Å²) >= 11 is 0. The van der Waals surface area contributed by atoms with E-state index in [1.165, 1.54) is 10.7 Å². The van der Waals surface area contributed by atoms with Crippen molar-refractivity contribution >= 4 is 17.7 Å². The van der Waals surface area contributed by atoms with E-state index in [9.17, 15) is 14.4 Å². The van der Waals surface area contributed by atoms with E-state index in [1.54, 1.807) is 11.8 Å². The van der Waals surface area contributed by atoms with Gasteiger partial charge in [-0.2, -0.15) is 5.10 Å². The monoisotopic (exact) mass is 373 g/mol. The topological polar surface area (TPSA) is 96.3 Å². The van der Waals surface area contributed by atoms with Gasteiger partial charge in [0.25, 0.3) is 11.8 Å². The van der Waals surface area contributed by atoms with Crippen molar-refractivity contribution < 1.29 is 14.4 Å². The first-order valence-electron chi connectivity index (χ1n) is 9.94. The van der Waals surface area contributed by atoms with Crippen LogP contribution in [0.3, 0.4) is 0 Å². The summed E-state index contributed by atoms with van der Waals surface area (Å²) in [5, 5.41) is 10.3. The number of carbonyl (C=O) groups excluding carboxylic acids is 3. The van der Waals surface area contributed by atoms with Gasteiger partial charge < -0.3 is 15.5 Å². The summed E-state index contributed by atoms with van der Waals surface area (Å²) in [5.41, 5.74) is -0.414. The normalized spacial score (nSPS) is 25.4. The average molecular weight is 373 g/mol. The van der Waals surface area contributed by atoms with E-state index in [4.69, 9.17) is 0 Å². The highest BCUT2D eigenvalue weighted by atomic mass is 16.2. The molecule has 2 heterocycles. The van der Waals surface area contributed by atoms with Gasteiger partial charge in [0.2, 0.25) is 5.91 Å². The molecule has 8 nitrogen and oxygen atoms in total. The zero-order chi connectivity index (χ0) is 19.2. The fourth-order valence-corrected chi connectivity index (χ4v) is 4.14. The van der Waals surface area contributed by atoms with Gasteiger partial charge in [-0.25, -0.2) is 0 Å². The molecule has 3 amide bonds. The lowest BCUT2D eigenvalue weighted by molar-refractivity contribution is -0.133. The van der Waals surface area contributed by atoms with Gasteiger partial charge in [-0.3, -0.25) is 19.1 Å². The Hall–Kier alpha value is -2.38. The third-order valence-electron chi connectivity index (χ3n) is 5.94. The summed E-state index contributed by atoms with van der Waals surface area (Å²) in [6.45, 7) is 4.32. The van der Waals surface area contributed by atoms with E-state index in [1.807, 2.05) is 6.92 Å².